The molecule has 0 saturated carbocycles. The van der Waals surface area contributed by atoms with Crippen LogP contribution in [0, 0.1) is 0 Å². The number of alkyl halides is 2. The molecule has 0 aliphatic heterocycles. The van der Waals surface area contributed by atoms with Gasteiger partial charge in [0.1, 0.15) is 0 Å². The number of nitrogens with one attached hydrogen (secondary N) is 1. The Morgan fingerprint density at radius 1 is 1.25 bits per heavy atom. The van der Waals surface area contributed by atoms with E-state index in [0.717, 1.165) is 6.42 Å². The fourth-order valence-electron chi connectivity index (χ4n) is 1.47. The van der Waals surface area contributed by atoms with E-state index in [1.807, 2.05) is 13.8 Å². The first-order valence-electron chi connectivity index (χ1n) is 5.98. The van der Waals surface area contributed by atoms with Gasteiger partial charge in [0.25, 0.3) is 0 Å². The van der Waals surface area contributed by atoms with Gasteiger partial charge < -0.3 is 14.8 Å². The number of ether oxygens (including phenoxy) is 2. The minimum absolute atomic E-state index is 0.0336. The molecule has 0 fully saturated rings. The molecule has 114 valence electrons. The third-order valence-corrected chi connectivity index (χ3v) is 3.38. The van der Waals surface area contributed by atoms with Gasteiger partial charge in [-0.2, -0.15) is 8.78 Å². The Morgan fingerprint density at radius 2 is 1.80 bits per heavy atom. The molecule has 0 unspecified atom stereocenters. The van der Waals surface area contributed by atoms with E-state index in [4.69, 9.17) is 27.9 Å². The van der Waals surface area contributed by atoms with Crippen LogP contribution >= 0.6 is 23.2 Å². The average Bonchev–Trinajstić information content (AvgIpc) is 2.33. The van der Waals surface area contributed by atoms with Crippen molar-refractivity contribution in [3.8, 4) is 5.75 Å². The minimum atomic E-state index is -2.97. The van der Waals surface area contributed by atoms with Crippen LogP contribution in [0.2, 0.25) is 10.0 Å². The third kappa shape index (κ3) is 5.31. The predicted molar refractivity (Wildman–Crippen MR) is 77.3 cm³/mol. The molecule has 0 aliphatic carbocycles. The molecule has 0 atom stereocenters. The molecule has 0 aromatic heterocycles. The Labute approximate surface area is 127 Å². The molecule has 7 heteroatoms. The number of halogens is 4. The van der Waals surface area contributed by atoms with Crippen molar-refractivity contribution in [2.75, 3.05) is 19.0 Å². The van der Waals surface area contributed by atoms with E-state index in [1.165, 1.54) is 12.1 Å². The van der Waals surface area contributed by atoms with Gasteiger partial charge in [-0.1, -0.05) is 23.2 Å². The molecule has 0 spiro atoms. The second-order valence-corrected chi connectivity index (χ2v) is 5.60. The first kappa shape index (κ1) is 17.3. The van der Waals surface area contributed by atoms with Crippen LogP contribution in [0.1, 0.15) is 20.3 Å². The summed E-state index contributed by atoms with van der Waals surface area (Å²) in [5.74, 6) is -0.217. The fourth-order valence-corrected chi connectivity index (χ4v) is 2.05. The molecule has 3 nitrogen and oxygen atoms in total. The first-order chi connectivity index (χ1) is 9.25. The number of benzene rings is 1. The number of hydrogen-bond acceptors (Lipinski definition) is 3. The smallest absolute Gasteiger partial charge is 0.387 e. The average molecular weight is 328 g/mol. The van der Waals surface area contributed by atoms with Crippen molar-refractivity contribution in [2.45, 2.75) is 32.5 Å². The third-order valence-electron chi connectivity index (χ3n) is 2.81. The molecule has 1 N–H and O–H groups in total. The number of rotatable bonds is 7. The Morgan fingerprint density at radius 3 is 2.25 bits per heavy atom. The summed E-state index contributed by atoms with van der Waals surface area (Å²) in [5.41, 5.74) is 0.382. The summed E-state index contributed by atoms with van der Waals surface area (Å²) in [5, 5.41) is 3.17. The lowest BCUT2D eigenvalue weighted by atomic mass is 10.1. The normalized spacial score (nSPS) is 11.8. The van der Waals surface area contributed by atoms with Crippen LogP contribution in [0.15, 0.2) is 12.1 Å². The maximum atomic E-state index is 12.2. The zero-order chi connectivity index (χ0) is 15.3. The van der Waals surface area contributed by atoms with Crippen molar-refractivity contribution in [1.29, 1.82) is 0 Å². The lowest BCUT2D eigenvalue weighted by molar-refractivity contribution is -0.0497. The van der Waals surface area contributed by atoms with Crippen molar-refractivity contribution >= 4 is 28.9 Å². The number of methoxy groups -OCH3 is 1. The zero-order valence-electron chi connectivity index (χ0n) is 11.5. The van der Waals surface area contributed by atoms with Gasteiger partial charge in [0, 0.05) is 19.3 Å². The summed E-state index contributed by atoms with van der Waals surface area (Å²) >= 11 is 11.7. The Kier molecular flexibility index (Phi) is 6.30. The van der Waals surface area contributed by atoms with Gasteiger partial charge in [-0.15, -0.1) is 0 Å². The van der Waals surface area contributed by atoms with E-state index < -0.39 is 6.61 Å². The summed E-state index contributed by atoms with van der Waals surface area (Å²) in [6.45, 7) is 1.59. The highest BCUT2D eigenvalue weighted by Crippen LogP contribution is 2.37. The van der Waals surface area contributed by atoms with Crippen LogP contribution in [0.5, 0.6) is 5.75 Å². The first-order valence-corrected chi connectivity index (χ1v) is 6.73. The molecule has 1 aromatic rings. The quantitative estimate of drug-likeness (QED) is 0.778. The van der Waals surface area contributed by atoms with E-state index >= 15 is 0 Å². The van der Waals surface area contributed by atoms with Crippen LogP contribution in [0.3, 0.4) is 0 Å². The predicted octanol–water partition coefficient (Wildman–Crippen LogP) is 4.82. The second-order valence-electron chi connectivity index (χ2n) is 4.79. The number of anilines is 1. The summed E-state index contributed by atoms with van der Waals surface area (Å²) in [7, 11) is 1.64. The molecule has 20 heavy (non-hydrogen) atoms. The molecule has 0 saturated heterocycles. The second kappa shape index (κ2) is 7.29. The van der Waals surface area contributed by atoms with Crippen molar-refractivity contribution < 1.29 is 18.3 Å². The summed E-state index contributed by atoms with van der Waals surface area (Å²) < 4.78 is 33.9. The molecule has 1 aromatic carbocycles. The highest BCUT2D eigenvalue weighted by atomic mass is 35.5. The molecular weight excluding hydrogens is 311 g/mol. The monoisotopic (exact) mass is 327 g/mol. The Hall–Kier alpha value is -0.780. The van der Waals surface area contributed by atoms with Crippen molar-refractivity contribution in [3.63, 3.8) is 0 Å². The van der Waals surface area contributed by atoms with Crippen molar-refractivity contribution in [3.05, 3.63) is 22.2 Å². The van der Waals surface area contributed by atoms with Crippen LogP contribution in [0.4, 0.5) is 14.5 Å². The van der Waals surface area contributed by atoms with E-state index in [2.05, 4.69) is 10.1 Å². The van der Waals surface area contributed by atoms with Gasteiger partial charge in [0.2, 0.25) is 0 Å². The molecule has 1 rings (SSSR count). The molecular formula is C13H17Cl2F2NO2. The molecule has 0 heterocycles. The maximum Gasteiger partial charge on any atom is 0.387 e. The van der Waals surface area contributed by atoms with Crippen LogP contribution < -0.4 is 10.1 Å². The fraction of sp³-hybridized carbons (Fsp3) is 0.538. The zero-order valence-corrected chi connectivity index (χ0v) is 13.0. The van der Waals surface area contributed by atoms with E-state index in [1.54, 1.807) is 7.11 Å². The largest absolute Gasteiger partial charge is 0.432 e. The van der Waals surface area contributed by atoms with Crippen LogP contribution in [0.25, 0.3) is 0 Å². The topological polar surface area (TPSA) is 30.5 Å². The highest BCUT2D eigenvalue weighted by Gasteiger charge is 2.17. The van der Waals surface area contributed by atoms with Gasteiger partial charge in [-0.3, -0.25) is 0 Å². The highest BCUT2D eigenvalue weighted by molar-refractivity contribution is 6.37. The standard InChI is InChI=1S/C13H17Cl2F2NO2/c1-13(2,19-3)4-5-18-8-6-9(14)11(10(15)7-8)20-12(16)17/h6-7,12,18H,4-5H2,1-3H3. The van der Waals surface area contributed by atoms with E-state index in [-0.39, 0.29) is 21.4 Å². The lowest BCUT2D eigenvalue weighted by Gasteiger charge is -2.23. The maximum absolute atomic E-state index is 12.2. The molecule has 0 amide bonds. The molecule has 0 radical (unpaired) electrons. The summed E-state index contributed by atoms with van der Waals surface area (Å²) in [6, 6.07) is 2.98. The molecule has 0 aliphatic rings. The van der Waals surface area contributed by atoms with Gasteiger partial charge in [0.15, 0.2) is 5.75 Å². The lowest BCUT2D eigenvalue weighted by Crippen LogP contribution is -2.25. The number of hydrogen-bond donors (Lipinski definition) is 1. The van der Waals surface area contributed by atoms with Crippen LogP contribution in [-0.2, 0) is 4.74 Å². The SMILES string of the molecule is COC(C)(C)CCNc1cc(Cl)c(OC(F)F)c(Cl)c1. The van der Waals surface area contributed by atoms with Gasteiger partial charge in [0.05, 0.1) is 15.6 Å². The van der Waals surface area contributed by atoms with E-state index in [9.17, 15) is 8.78 Å². The van der Waals surface area contributed by atoms with E-state index in [0.29, 0.717) is 12.2 Å². The molecule has 0 bridgehead atoms. The van der Waals surface area contributed by atoms with Crippen molar-refractivity contribution in [2.24, 2.45) is 0 Å². The minimum Gasteiger partial charge on any atom is -0.432 e. The van der Waals surface area contributed by atoms with Gasteiger partial charge in [-0.25, -0.2) is 0 Å². The van der Waals surface area contributed by atoms with Gasteiger partial charge in [-0.05, 0) is 32.4 Å². The summed E-state index contributed by atoms with van der Waals surface area (Å²) in [4.78, 5) is 0. The summed E-state index contributed by atoms with van der Waals surface area (Å²) in [6.07, 6.45) is 0.758. The Bertz CT molecular complexity index is 433. The Balaban J connectivity index is 2.69. The van der Waals surface area contributed by atoms with Gasteiger partial charge >= 0.3 is 6.61 Å². The van der Waals surface area contributed by atoms with Crippen LogP contribution in [-0.4, -0.2) is 25.9 Å². The van der Waals surface area contributed by atoms with Crippen molar-refractivity contribution in [1.82, 2.24) is 0 Å².